The number of nitro groups is 1. The fraction of sp³-hybridized carbons (Fsp3) is 0.615. The van der Waals surface area contributed by atoms with Gasteiger partial charge in [-0.15, -0.1) is 0 Å². The van der Waals surface area contributed by atoms with Crippen molar-refractivity contribution in [3.05, 3.63) is 27.1 Å². The van der Waals surface area contributed by atoms with Crippen LogP contribution in [0.2, 0.25) is 0 Å². The van der Waals surface area contributed by atoms with Gasteiger partial charge in [0.25, 0.3) is 5.91 Å². The van der Waals surface area contributed by atoms with Crippen LogP contribution in [0.15, 0.2) is 12.1 Å². The van der Waals surface area contributed by atoms with Crippen LogP contribution in [0.5, 0.6) is 0 Å². The number of carbonyl (C=O) groups excluding carboxylic acids is 1. The minimum Gasteiger partial charge on any atom is -0.334 e. The largest absolute Gasteiger partial charge is 0.334 e. The maximum absolute atomic E-state index is 12.6. The average molecular weight is 295 g/mol. The average Bonchev–Trinajstić information content (AvgIpc) is 3.12. The van der Waals surface area contributed by atoms with Gasteiger partial charge < -0.3 is 10.2 Å². The van der Waals surface area contributed by atoms with E-state index in [1.807, 2.05) is 4.90 Å². The first-order valence-corrected chi connectivity index (χ1v) is 7.69. The quantitative estimate of drug-likeness (QED) is 0.680. The van der Waals surface area contributed by atoms with Crippen molar-refractivity contribution >= 4 is 22.2 Å². The highest BCUT2D eigenvalue weighted by Crippen LogP contribution is 2.36. The highest BCUT2D eigenvalue weighted by Gasteiger charge is 2.45. The summed E-state index contributed by atoms with van der Waals surface area (Å²) in [6.45, 7) is 4.80. The Hall–Kier alpha value is -1.47. The summed E-state index contributed by atoms with van der Waals surface area (Å²) in [6, 6.07) is 3.24. The highest BCUT2D eigenvalue weighted by molar-refractivity contribution is 7.17. The number of nitrogens with zero attached hydrogens (tertiary/aromatic N) is 2. The molecule has 2 fully saturated rings. The van der Waals surface area contributed by atoms with Crippen molar-refractivity contribution in [1.82, 2.24) is 10.2 Å². The van der Waals surface area contributed by atoms with Gasteiger partial charge in [0.1, 0.15) is 0 Å². The second-order valence-electron chi connectivity index (χ2n) is 5.41. The Balaban J connectivity index is 1.81. The summed E-state index contributed by atoms with van der Waals surface area (Å²) in [5.41, 5.74) is 0. The highest BCUT2D eigenvalue weighted by atomic mass is 32.1. The van der Waals surface area contributed by atoms with Gasteiger partial charge in [-0.3, -0.25) is 14.9 Å². The number of amides is 1. The molecule has 108 valence electrons. The Labute approximate surface area is 120 Å². The van der Waals surface area contributed by atoms with E-state index in [4.69, 9.17) is 0 Å². The second-order valence-corrected chi connectivity index (χ2v) is 6.47. The minimum absolute atomic E-state index is 0.0301. The molecule has 0 saturated carbocycles. The van der Waals surface area contributed by atoms with Crippen molar-refractivity contribution < 1.29 is 9.72 Å². The standard InChI is InChI=1S/C13H17N3O3S/c1-2-10-9-6-14-5-8(9)7-15(10)13(17)11-3-4-12(20-11)16(18)19/h3-4,8-10,14H,2,5-7H2,1H3. The van der Waals surface area contributed by atoms with Crippen LogP contribution in [0.3, 0.4) is 0 Å². The molecule has 1 amide bonds. The molecule has 1 aromatic rings. The fourth-order valence-electron chi connectivity index (χ4n) is 3.46. The maximum atomic E-state index is 12.6. The molecule has 6 nitrogen and oxygen atoms in total. The molecule has 3 rings (SSSR count). The van der Waals surface area contributed by atoms with Crippen LogP contribution >= 0.6 is 11.3 Å². The van der Waals surface area contributed by atoms with Gasteiger partial charge >= 0.3 is 5.00 Å². The lowest BCUT2D eigenvalue weighted by atomic mass is 9.93. The van der Waals surface area contributed by atoms with E-state index in [2.05, 4.69) is 12.2 Å². The second kappa shape index (κ2) is 5.14. The summed E-state index contributed by atoms with van der Waals surface area (Å²) in [5.74, 6) is 1.00. The minimum atomic E-state index is -0.443. The van der Waals surface area contributed by atoms with E-state index in [9.17, 15) is 14.9 Å². The summed E-state index contributed by atoms with van der Waals surface area (Å²) >= 11 is 0.971. The number of carbonyl (C=O) groups is 1. The zero-order chi connectivity index (χ0) is 14.3. The van der Waals surface area contributed by atoms with Crippen LogP contribution in [0.4, 0.5) is 5.00 Å². The molecule has 0 spiro atoms. The van der Waals surface area contributed by atoms with Crippen LogP contribution in [0, 0.1) is 22.0 Å². The van der Waals surface area contributed by atoms with E-state index in [-0.39, 0.29) is 17.0 Å². The summed E-state index contributed by atoms with van der Waals surface area (Å²) < 4.78 is 0. The summed E-state index contributed by atoms with van der Waals surface area (Å²) in [5, 5.41) is 14.1. The molecule has 1 N–H and O–H groups in total. The van der Waals surface area contributed by atoms with Gasteiger partial charge in [0.15, 0.2) is 0 Å². The molecule has 2 aliphatic heterocycles. The first kappa shape index (κ1) is 13.5. The monoisotopic (exact) mass is 295 g/mol. The number of nitrogens with one attached hydrogen (secondary N) is 1. The lowest BCUT2D eigenvalue weighted by Crippen LogP contribution is -2.39. The summed E-state index contributed by atoms with van der Waals surface area (Å²) in [6.07, 6.45) is 0.933. The third-order valence-electron chi connectivity index (χ3n) is 4.38. The first-order chi connectivity index (χ1) is 9.61. The molecule has 3 heterocycles. The third-order valence-corrected chi connectivity index (χ3v) is 5.40. The van der Waals surface area contributed by atoms with Gasteiger partial charge in [0, 0.05) is 31.7 Å². The van der Waals surface area contributed by atoms with Crippen LogP contribution in [0.25, 0.3) is 0 Å². The zero-order valence-corrected chi connectivity index (χ0v) is 12.1. The Morgan fingerprint density at radius 1 is 1.55 bits per heavy atom. The molecule has 2 saturated heterocycles. The van der Waals surface area contributed by atoms with Crippen molar-refractivity contribution in [2.24, 2.45) is 11.8 Å². The van der Waals surface area contributed by atoms with E-state index in [1.54, 1.807) is 6.07 Å². The Morgan fingerprint density at radius 2 is 2.35 bits per heavy atom. The van der Waals surface area contributed by atoms with Gasteiger partial charge in [0.05, 0.1) is 9.80 Å². The molecule has 0 radical (unpaired) electrons. The number of hydrogen-bond donors (Lipinski definition) is 1. The lowest BCUT2D eigenvalue weighted by Gasteiger charge is -2.26. The fourth-order valence-corrected chi connectivity index (χ4v) is 4.24. The zero-order valence-electron chi connectivity index (χ0n) is 11.2. The Morgan fingerprint density at radius 3 is 3.00 bits per heavy atom. The van der Waals surface area contributed by atoms with Gasteiger partial charge in [-0.2, -0.15) is 0 Å². The van der Waals surface area contributed by atoms with Crippen LogP contribution in [-0.4, -0.2) is 41.4 Å². The topological polar surface area (TPSA) is 75.5 Å². The van der Waals surface area contributed by atoms with E-state index < -0.39 is 4.92 Å². The Kier molecular flexibility index (Phi) is 3.47. The number of hydrogen-bond acceptors (Lipinski definition) is 5. The molecule has 3 atom stereocenters. The van der Waals surface area contributed by atoms with Gasteiger partial charge in [-0.05, 0) is 24.3 Å². The number of likely N-dealkylation sites (tertiary alicyclic amines) is 1. The Bertz CT molecular complexity index is 545. The molecule has 20 heavy (non-hydrogen) atoms. The molecule has 3 unspecified atom stereocenters. The molecule has 7 heteroatoms. The van der Waals surface area contributed by atoms with Gasteiger partial charge in [0.2, 0.25) is 0 Å². The summed E-state index contributed by atoms with van der Waals surface area (Å²) in [4.78, 5) is 25.3. The third kappa shape index (κ3) is 2.10. The van der Waals surface area contributed by atoms with E-state index >= 15 is 0 Å². The SMILES string of the molecule is CCC1C2CNCC2CN1C(=O)c1ccc([N+](=O)[O-])s1. The molecule has 0 bridgehead atoms. The normalized spacial score (nSPS) is 28.6. The van der Waals surface area contributed by atoms with Crippen molar-refractivity contribution in [1.29, 1.82) is 0 Å². The summed E-state index contributed by atoms with van der Waals surface area (Å²) in [7, 11) is 0. The number of thiophene rings is 1. The van der Waals surface area contributed by atoms with Crippen molar-refractivity contribution in [3.8, 4) is 0 Å². The van der Waals surface area contributed by atoms with E-state index in [1.165, 1.54) is 6.07 Å². The van der Waals surface area contributed by atoms with Crippen LogP contribution in [0.1, 0.15) is 23.0 Å². The van der Waals surface area contributed by atoms with Gasteiger partial charge in [-0.25, -0.2) is 0 Å². The molecule has 1 aromatic heterocycles. The van der Waals surface area contributed by atoms with Crippen molar-refractivity contribution in [2.75, 3.05) is 19.6 Å². The molecular weight excluding hydrogens is 278 g/mol. The van der Waals surface area contributed by atoms with Crippen molar-refractivity contribution in [3.63, 3.8) is 0 Å². The smallest absolute Gasteiger partial charge is 0.324 e. The van der Waals surface area contributed by atoms with Gasteiger partial charge in [-0.1, -0.05) is 18.3 Å². The predicted octanol–water partition coefficient (Wildman–Crippen LogP) is 1.73. The predicted molar refractivity (Wildman–Crippen MR) is 75.9 cm³/mol. The molecule has 0 aliphatic carbocycles. The number of rotatable bonds is 3. The number of fused-ring (bicyclic) bond motifs is 1. The lowest BCUT2D eigenvalue weighted by molar-refractivity contribution is -0.380. The molecular formula is C13H17N3O3S. The van der Waals surface area contributed by atoms with Crippen LogP contribution in [-0.2, 0) is 0 Å². The molecule has 0 aromatic carbocycles. The van der Waals surface area contributed by atoms with E-state index in [0.717, 1.165) is 37.4 Å². The van der Waals surface area contributed by atoms with E-state index in [0.29, 0.717) is 16.7 Å². The molecule has 2 aliphatic rings. The first-order valence-electron chi connectivity index (χ1n) is 6.87. The maximum Gasteiger partial charge on any atom is 0.324 e. The van der Waals surface area contributed by atoms with Crippen LogP contribution < -0.4 is 5.32 Å². The van der Waals surface area contributed by atoms with Crippen molar-refractivity contribution in [2.45, 2.75) is 19.4 Å².